The highest BCUT2D eigenvalue weighted by atomic mass is 16.4. The third kappa shape index (κ3) is 5.30. The molecule has 4 aromatic rings. The second-order valence-corrected chi connectivity index (χ2v) is 8.96. The second kappa shape index (κ2) is 10.2. The molecule has 1 amide bonds. The van der Waals surface area contributed by atoms with E-state index in [0.717, 1.165) is 55.2 Å². The van der Waals surface area contributed by atoms with Crippen LogP contribution in [-0.2, 0) is 6.54 Å². The lowest BCUT2D eigenvalue weighted by atomic mass is 10.1. The number of nitrogens with two attached hydrogens (primary N) is 1. The quantitative estimate of drug-likeness (QED) is 0.337. The lowest BCUT2D eigenvalue weighted by Crippen LogP contribution is -2.43. The number of piperidine rings is 1. The molecule has 2 aromatic carbocycles. The number of hydrogen-bond donors (Lipinski definition) is 3. The van der Waals surface area contributed by atoms with Gasteiger partial charge >= 0.3 is 0 Å². The van der Waals surface area contributed by atoms with Crippen LogP contribution in [-0.4, -0.2) is 57.6 Å². The Bertz CT molecular complexity index is 1300. The largest absolute Gasteiger partial charge is 0.444 e. The number of fused-ring (bicyclic) bond motifs is 1. The Morgan fingerprint density at radius 1 is 1.14 bits per heavy atom. The first-order valence-corrected chi connectivity index (χ1v) is 12.0. The van der Waals surface area contributed by atoms with E-state index in [1.54, 1.807) is 18.3 Å². The van der Waals surface area contributed by atoms with Gasteiger partial charge in [0.05, 0.1) is 29.3 Å². The Hall–Kier alpha value is -3.85. The van der Waals surface area contributed by atoms with E-state index in [9.17, 15) is 4.79 Å². The first kappa shape index (κ1) is 22.9. The number of para-hydroxylation sites is 3. The van der Waals surface area contributed by atoms with Crippen molar-refractivity contribution in [1.82, 2.24) is 24.8 Å². The standard InChI is InChI=1S/C26H31N7O2/c1-18-29-16-20(35-18)17-33-24-9-5-4-8-23(24)31-26(33)30-19-10-13-32(14-11-19)15-12-28-25(34)21-6-2-3-7-22(21)27/h2-9,16,19H,10-15,17,27H2,1H3,(H,28,34)(H,30,31). The van der Waals surface area contributed by atoms with Gasteiger partial charge in [0.15, 0.2) is 5.89 Å². The molecule has 35 heavy (non-hydrogen) atoms. The fourth-order valence-corrected chi connectivity index (χ4v) is 4.59. The number of aryl methyl sites for hydroxylation is 1. The van der Waals surface area contributed by atoms with Gasteiger partial charge in [-0.05, 0) is 37.1 Å². The van der Waals surface area contributed by atoms with Gasteiger partial charge in [0.1, 0.15) is 5.76 Å². The van der Waals surface area contributed by atoms with Crippen molar-refractivity contribution in [2.45, 2.75) is 32.4 Å². The van der Waals surface area contributed by atoms with Gasteiger partial charge in [-0.25, -0.2) is 9.97 Å². The summed E-state index contributed by atoms with van der Waals surface area (Å²) in [5, 5.41) is 6.65. The van der Waals surface area contributed by atoms with Gasteiger partial charge in [0.2, 0.25) is 5.95 Å². The van der Waals surface area contributed by atoms with Crippen LogP contribution < -0.4 is 16.4 Å². The van der Waals surface area contributed by atoms with Gasteiger partial charge < -0.3 is 30.3 Å². The number of rotatable bonds is 8. The number of nitrogen functional groups attached to an aromatic ring is 1. The molecule has 5 rings (SSSR count). The third-order valence-corrected chi connectivity index (χ3v) is 6.48. The van der Waals surface area contributed by atoms with E-state index in [4.69, 9.17) is 15.1 Å². The van der Waals surface area contributed by atoms with Gasteiger partial charge in [0.25, 0.3) is 5.91 Å². The van der Waals surface area contributed by atoms with Crippen molar-refractivity contribution in [2.24, 2.45) is 0 Å². The topological polar surface area (TPSA) is 114 Å². The van der Waals surface area contributed by atoms with Crippen LogP contribution in [0, 0.1) is 6.92 Å². The molecule has 0 aliphatic carbocycles. The molecule has 182 valence electrons. The van der Waals surface area contributed by atoms with Gasteiger partial charge in [-0.15, -0.1) is 0 Å². The third-order valence-electron chi connectivity index (χ3n) is 6.48. The summed E-state index contributed by atoms with van der Waals surface area (Å²) in [6.45, 7) is 5.76. The predicted molar refractivity (Wildman–Crippen MR) is 136 cm³/mol. The van der Waals surface area contributed by atoms with Crippen LogP contribution >= 0.6 is 0 Å². The fourth-order valence-electron chi connectivity index (χ4n) is 4.59. The first-order valence-electron chi connectivity index (χ1n) is 12.0. The molecule has 2 aromatic heterocycles. The molecule has 4 N–H and O–H groups in total. The Labute approximate surface area is 204 Å². The summed E-state index contributed by atoms with van der Waals surface area (Å²) in [5.41, 5.74) is 8.95. The summed E-state index contributed by atoms with van der Waals surface area (Å²) in [5.74, 6) is 2.20. The van der Waals surface area contributed by atoms with Gasteiger partial charge in [-0.1, -0.05) is 24.3 Å². The molecular formula is C26H31N7O2. The van der Waals surface area contributed by atoms with Crippen molar-refractivity contribution >= 4 is 28.6 Å². The Morgan fingerprint density at radius 3 is 2.69 bits per heavy atom. The zero-order valence-corrected chi connectivity index (χ0v) is 19.9. The number of benzene rings is 2. The van der Waals surface area contributed by atoms with Crippen LogP contribution in [0.3, 0.4) is 0 Å². The maximum absolute atomic E-state index is 12.4. The van der Waals surface area contributed by atoms with Crippen LogP contribution in [0.15, 0.2) is 59.1 Å². The molecule has 0 spiro atoms. The summed E-state index contributed by atoms with van der Waals surface area (Å²) < 4.78 is 7.88. The van der Waals surface area contributed by atoms with E-state index in [1.807, 2.05) is 37.3 Å². The van der Waals surface area contributed by atoms with E-state index in [1.165, 1.54) is 0 Å². The normalized spacial score (nSPS) is 14.9. The van der Waals surface area contributed by atoms with Crippen LogP contribution in [0.25, 0.3) is 11.0 Å². The number of anilines is 2. The lowest BCUT2D eigenvalue weighted by Gasteiger charge is -2.32. The van der Waals surface area contributed by atoms with Crippen LogP contribution in [0.1, 0.15) is 34.9 Å². The molecule has 1 aliphatic heterocycles. The number of carbonyl (C=O) groups is 1. The average molecular weight is 474 g/mol. The molecule has 9 nitrogen and oxygen atoms in total. The summed E-state index contributed by atoms with van der Waals surface area (Å²) in [6.07, 6.45) is 3.78. The van der Waals surface area contributed by atoms with Gasteiger partial charge in [-0.3, -0.25) is 4.79 Å². The molecule has 0 bridgehead atoms. The number of nitrogens with zero attached hydrogens (tertiary/aromatic N) is 4. The monoisotopic (exact) mass is 473 g/mol. The van der Waals surface area contributed by atoms with E-state index in [0.29, 0.717) is 36.3 Å². The summed E-state index contributed by atoms with van der Waals surface area (Å²) in [6, 6.07) is 15.6. The number of carbonyl (C=O) groups excluding carboxylic acids is 1. The number of amides is 1. The van der Waals surface area contributed by atoms with Crippen molar-refractivity contribution < 1.29 is 9.21 Å². The minimum atomic E-state index is -0.125. The highest BCUT2D eigenvalue weighted by molar-refractivity contribution is 5.99. The Balaban J connectivity index is 1.16. The smallest absolute Gasteiger partial charge is 0.253 e. The second-order valence-electron chi connectivity index (χ2n) is 8.96. The first-order chi connectivity index (χ1) is 17.1. The number of aromatic nitrogens is 3. The zero-order valence-electron chi connectivity index (χ0n) is 19.9. The van der Waals surface area contributed by atoms with Crippen molar-refractivity contribution in [2.75, 3.05) is 37.2 Å². The summed E-state index contributed by atoms with van der Waals surface area (Å²) in [4.78, 5) is 23.8. The van der Waals surface area contributed by atoms with E-state index in [-0.39, 0.29) is 5.91 Å². The molecule has 0 saturated carbocycles. The average Bonchev–Trinajstić information content (AvgIpc) is 3.43. The zero-order chi connectivity index (χ0) is 24.2. The number of oxazole rings is 1. The molecule has 0 unspecified atom stereocenters. The minimum Gasteiger partial charge on any atom is -0.444 e. The maximum atomic E-state index is 12.4. The van der Waals surface area contributed by atoms with Crippen LogP contribution in [0.4, 0.5) is 11.6 Å². The van der Waals surface area contributed by atoms with Crippen LogP contribution in [0.5, 0.6) is 0 Å². The maximum Gasteiger partial charge on any atom is 0.253 e. The van der Waals surface area contributed by atoms with Crippen molar-refractivity contribution in [3.8, 4) is 0 Å². The molecule has 1 aliphatic rings. The Kier molecular flexibility index (Phi) is 6.67. The van der Waals surface area contributed by atoms with Gasteiger partial charge in [-0.2, -0.15) is 0 Å². The SMILES string of the molecule is Cc1ncc(Cn2c(NC3CCN(CCNC(=O)c4ccccc4N)CC3)nc3ccccc32)o1. The number of imidazole rings is 1. The highest BCUT2D eigenvalue weighted by Gasteiger charge is 2.22. The Morgan fingerprint density at radius 2 is 1.91 bits per heavy atom. The molecule has 1 fully saturated rings. The number of likely N-dealkylation sites (tertiary alicyclic amines) is 1. The fraction of sp³-hybridized carbons (Fsp3) is 0.346. The van der Waals surface area contributed by atoms with Crippen molar-refractivity contribution in [3.63, 3.8) is 0 Å². The predicted octanol–water partition coefficient (Wildman–Crippen LogP) is 3.27. The molecule has 9 heteroatoms. The molecule has 3 heterocycles. The molecule has 0 atom stereocenters. The molecule has 1 saturated heterocycles. The summed E-state index contributed by atoms with van der Waals surface area (Å²) >= 11 is 0. The highest BCUT2D eigenvalue weighted by Crippen LogP contribution is 2.24. The number of nitrogens with one attached hydrogen (secondary N) is 2. The van der Waals surface area contributed by atoms with Crippen LogP contribution in [0.2, 0.25) is 0 Å². The summed E-state index contributed by atoms with van der Waals surface area (Å²) in [7, 11) is 0. The molecule has 0 radical (unpaired) electrons. The van der Waals surface area contributed by atoms with E-state index < -0.39 is 0 Å². The van der Waals surface area contributed by atoms with Gasteiger partial charge in [0, 0.05) is 44.8 Å². The number of hydrogen-bond acceptors (Lipinski definition) is 7. The van der Waals surface area contributed by atoms with E-state index >= 15 is 0 Å². The lowest BCUT2D eigenvalue weighted by molar-refractivity contribution is 0.0947. The van der Waals surface area contributed by atoms with Crippen molar-refractivity contribution in [1.29, 1.82) is 0 Å². The molecular weight excluding hydrogens is 442 g/mol. The van der Waals surface area contributed by atoms with Crippen molar-refractivity contribution in [3.05, 3.63) is 71.9 Å². The minimum absolute atomic E-state index is 0.125. The van der Waals surface area contributed by atoms with E-state index in [2.05, 4.69) is 31.2 Å².